The van der Waals surface area contributed by atoms with E-state index in [1.165, 1.54) is 11.3 Å². The maximum absolute atomic E-state index is 12.6. The highest BCUT2D eigenvalue weighted by molar-refractivity contribution is 7.15. The molecule has 1 aromatic carbocycles. The van der Waals surface area contributed by atoms with Gasteiger partial charge in [0.1, 0.15) is 5.01 Å². The smallest absolute Gasteiger partial charge is 0.319 e. The minimum atomic E-state index is -0.386. The minimum Gasteiger partial charge on any atom is -0.374 e. The Hall–Kier alpha value is -2.72. The molecule has 2 heterocycles. The highest BCUT2D eigenvalue weighted by Gasteiger charge is 2.20. The van der Waals surface area contributed by atoms with Crippen LogP contribution in [-0.4, -0.2) is 65.2 Å². The predicted octanol–water partition coefficient (Wildman–Crippen LogP) is 0.830. The van der Waals surface area contributed by atoms with E-state index in [9.17, 15) is 9.59 Å². The van der Waals surface area contributed by atoms with Crippen molar-refractivity contribution in [3.8, 4) is 0 Å². The van der Waals surface area contributed by atoms with Crippen molar-refractivity contribution in [2.75, 3.05) is 44.3 Å². The molecule has 0 radical (unpaired) electrons. The standard InChI is InChI=1S/C16H21N7O2S/c1-22-5-7-23(8-6-22)14(24)11-3-2-4-12(9-11)19-16(25)18-10-13-20-21-15(17)26-13/h2-4,9H,5-8,10H2,1H3,(H2,17,21)(H2,18,19,25). The van der Waals surface area contributed by atoms with Crippen LogP contribution in [0.4, 0.5) is 15.6 Å². The number of hydrogen-bond donors (Lipinski definition) is 3. The minimum absolute atomic E-state index is 0.0218. The molecule has 1 saturated heterocycles. The molecule has 0 aliphatic carbocycles. The number of nitrogen functional groups attached to an aromatic ring is 1. The zero-order valence-electron chi connectivity index (χ0n) is 14.4. The summed E-state index contributed by atoms with van der Waals surface area (Å²) in [6, 6.07) is 6.55. The van der Waals surface area contributed by atoms with E-state index in [4.69, 9.17) is 5.73 Å². The fraction of sp³-hybridized carbons (Fsp3) is 0.375. The van der Waals surface area contributed by atoms with Crippen molar-refractivity contribution < 1.29 is 9.59 Å². The number of hydrogen-bond acceptors (Lipinski definition) is 7. The second kappa shape index (κ2) is 8.11. The largest absolute Gasteiger partial charge is 0.374 e. The average molecular weight is 375 g/mol. The zero-order valence-corrected chi connectivity index (χ0v) is 15.3. The van der Waals surface area contributed by atoms with Crippen molar-refractivity contribution in [2.45, 2.75) is 6.54 Å². The first kappa shape index (κ1) is 18.1. The van der Waals surface area contributed by atoms with Gasteiger partial charge in [-0.15, -0.1) is 10.2 Å². The van der Waals surface area contributed by atoms with Gasteiger partial charge in [-0.3, -0.25) is 4.79 Å². The number of likely N-dealkylation sites (N-methyl/N-ethyl adjacent to an activating group) is 1. The second-order valence-corrected chi connectivity index (χ2v) is 7.11. The molecule has 1 aromatic heterocycles. The Kier molecular flexibility index (Phi) is 5.64. The van der Waals surface area contributed by atoms with Crippen LogP contribution in [0.15, 0.2) is 24.3 Å². The second-order valence-electron chi connectivity index (χ2n) is 6.02. The summed E-state index contributed by atoms with van der Waals surface area (Å²) in [5.41, 5.74) is 6.61. The van der Waals surface area contributed by atoms with Crippen LogP contribution >= 0.6 is 11.3 Å². The lowest BCUT2D eigenvalue weighted by Gasteiger charge is -2.32. The third-order valence-electron chi connectivity index (χ3n) is 4.04. The number of nitrogens with one attached hydrogen (secondary N) is 2. The molecule has 4 N–H and O–H groups in total. The Morgan fingerprint density at radius 1 is 1.23 bits per heavy atom. The van der Waals surface area contributed by atoms with E-state index in [1.54, 1.807) is 24.3 Å². The van der Waals surface area contributed by atoms with Gasteiger partial charge in [-0.05, 0) is 25.2 Å². The summed E-state index contributed by atoms with van der Waals surface area (Å²) in [6.07, 6.45) is 0. The summed E-state index contributed by atoms with van der Waals surface area (Å²) < 4.78 is 0. The highest BCUT2D eigenvalue weighted by Crippen LogP contribution is 2.14. The zero-order chi connectivity index (χ0) is 18.5. The summed E-state index contributed by atoms with van der Waals surface area (Å²) in [7, 11) is 2.04. The number of aromatic nitrogens is 2. The van der Waals surface area contributed by atoms with E-state index in [0.29, 0.717) is 34.5 Å². The summed E-state index contributed by atoms with van der Waals surface area (Å²) >= 11 is 1.22. The number of carbonyl (C=O) groups excluding carboxylic acids is 2. The van der Waals surface area contributed by atoms with Gasteiger partial charge in [0.05, 0.1) is 6.54 Å². The van der Waals surface area contributed by atoms with Crippen molar-refractivity contribution in [2.24, 2.45) is 0 Å². The van der Waals surface area contributed by atoms with Gasteiger partial charge in [0.25, 0.3) is 5.91 Å². The molecule has 0 spiro atoms. The molecule has 1 aliphatic rings. The van der Waals surface area contributed by atoms with E-state index in [0.717, 1.165) is 13.1 Å². The van der Waals surface area contributed by atoms with Crippen LogP contribution in [0.25, 0.3) is 0 Å². The number of carbonyl (C=O) groups is 2. The third kappa shape index (κ3) is 4.67. The van der Waals surface area contributed by atoms with Gasteiger partial charge in [0.2, 0.25) is 5.13 Å². The molecule has 1 aliphatic heterocycles. The lowest BCUT2D eigenvalue weighted by molar-refractivity contribution is 0.0664. The average Bonchev–Trinajstić information content (AvgIpc) is 3.06. The molecule has 138 valence electrons. The van der Waals surface area contributed by atoms with E-state index in [2.05, 4.69) is 25.7 Å². The number of anilines is 2. The number of benzene rings is 1. The quantitative estimate of drug-likeness (QED) is 0.729. The third-order valence-corrected chi connectivity index (χ3v) is 4.79. The molecule has 3 rings (SSSR count). The van der Waals surface area contributed by atoms with Crippen molar-refractivity contribution >= 4 is 34.1 Å². The Morgan fingerprint density at radius 3 is 2.69 bits per heavy atom. The van der Waals surface area contributed by atoms with Gasteiger partial charge in [-0.2, -0.15) is 0 Å². The van der Waals surface area contributed by atoms with Crippen LogP contribution in [0.5, 0.6) is 0 Å². The van der Waals surface area contributed by atoms with Crippen molar-refractivity contribution in [3.63, 3.8) is 0 Å². The van der Waals surface area contributed by atoms with Crippen LogP contribution in [0, 0.1) is 0 Å². The Bertz CT molecular complexity index is 786. The fourth-order valence-corrected chi connectivity index (χ4v) is 3.14. The van der Waals surface area contributed by atoms with Gasteiger partial charge >= 0.3 is 6.03 Å². The molecule has 10 heteroatoms. The number of nitrogens with two attached hydrogens (primary N) is 1. The van der Waals surface area contributed by atoms with E-state index in [1.807, 2.05) is 11.9 Å². The summed E-state index contributed by atoms with van der Waals surface area (Å²) in [6.45, 7) is 3.38. The van der Waals surface area contributed by atoms with Crippen molar-refractivity contribution in [3.05, 3.63) is 34.8 Å². The van der Waals surface area contributed by atoms with E-state index in [-0.39, 0.29) is 18.5 Å². The predicted molar refractivity (Wildman–Crippen MR) is 100 cm³/mol. The summed E-state index contributed by atoms with van der Waals surface area (Å²) in [5, 5.41) is 13.9. The molecule has 3 amide bonds. The lowest BCUT2D eigenvalue weighted by Crippen LogP contribution is -2.47. The Labute approximate surface area is 155 Å². The Balaban J connectivity index is 1.56. The van der Waals surface area contributed by atoms with Gasteiger partial charge < -0.3 is 26.2 Å². The van der Waals surface area contributed by atoms with Crippen LogP contribution in [0.2, 0.25) is 0 Å². The van der Waals surface area contributed by atoms with Gasteiger partial charge in [0, 0.05) is 37.4 Å². The molecule has 0 saturated carbocycles. The van der Waals surface area contributed by atoms with Crippen LogP contribution in [-0.2, 0) is 6.54 Å². The monoisotopic (exact) mass is 375 g/mol. The molecule has 0 unspecified atom stereocenters. The van der Waals surface area contributed by atoms with Crippen LogP contribution in [0.1, 0.15) is 15.4 Å². The lowest BCUT2D eigenvalue weighted by atomic mass is 10.1. The van der Waals surface area contributed by atoms with Crippen LogP contribution < -0.4 is 16.4 Å². The van der Waals surface area contributed by atoms with E-state index >= 15 is 0 Å². The molecule has 0 bridgehead atoms. The van der Waals surface area contributed by atoms with Crippen molar-refractivity contribution in [1.29, 1.82) is 0 Å². The van der Waals surface area contributed by atoms with Gasteiger partial charge in [-0.25, -0.2) is 4.79 Å². The number of nitrogens with zero attached hydrogens (tertiary/aromatic N) is 4. The van der Waals surface area contributed by atoms with Gasteiger partial charge in [-0.1, -0.05) is 17.4 Å². The van der Waals surface area contributed by atoms with Crippen LogP contribution in [0.3, 0.4) is 0 Å². The maximum Gasteiger partial charge on any atom is 0.319 e. The first-order valence-corrected chi connectivity index (χ1v) is 9.03. The number of amides is 3. The number of piperazine rings is 1. The fourth-order valence-electron chi connectivity index (χ4n) is 2.59. The first-order valence-electron chi connectivity index (χ1n) is 8.22. The number of rotatable bonds is 4. The number of urea groups is 1. The topological polar surface area (TPSA) is 116 Å². The highest BCUT2D eigenvalue weighted by atomic mass is 32.1. The van der Waals surface area contributed by atoms with E-state index < -0.39 is 0 Å². The summed E-state index contributed by atoms with van der Waals surface area (Å²) in [5.74, 6) is -0.0218. The van der Waals surface area contributed by atoms with Gasteiger partial charge in [0.15, 0.2) is 0 Å². The molecule has 0 atom stereocenters. The molecular formula is C16H21N7O2S. The molecule has 26 heavy (non-hydrogen) atoms. The summed E-state index contributed by atoms with van der Waals surface area (Å²) in [4.78, 5) is 28.6. The SMILES string of the molecule is CN1CCN(C(=O)c2cccc(NC(=O)NCc3nnc(N)s3)c2)CC1. The Morgan fingerprint density at radius 2 is 2.00 bits per heavy atom. The normalized spacial score (nSPS) is 14.9. The molecule has 9 nitrogen and oxygen atoms in total. The molecular weight excluding hydrogens is 354 g/mol. The van der Waals surface area contributed by atoms with Crippen molar-refractivity contribution in [1.82, 2.24) is 25.3 Å². The molecule has 1 fully saturated rings. The molecule has 2 aromatic rings. The maximum atomic E-state index is 12.6. The first-order chi connectivity index (χ1) is 12.5.